The molecule has 1 amide bonds. The Kier molecular flexibility index (Phi) is 4.74. The van der Waals surface area contributed by atoms with Crippen LogP contribution in [-0.2, 0) is 4.79 Å². The van der Waals surface area contributed by atoms with Crippen LogP contribution in [0.25, 0.3) is 6.08 Å². The Morgan fingerprint density at radius 2 is 2.16 bits per heavy atom. The highest BCUT2D eigenvalue weighted by Crippen LogP contribution is 2.32. The van der Waals surface area contributed by atoms with Gasteiger partial charge in [0.2, 0.25) is 0 Å². The SMILES string of the molecule is Cc1ccccc1/C=C1\SC(=S)N(CCCO)C1=O. The van der Waals surface area contributed by atoms with Gasteiger partial charge in [-0.05, 0) is 30.5 Å². The van der Waals surface area contributed by atoms with E-state index in [2.05, 4.69) is 0 Å². The second-order valence-electron chi connectivity index (χ2n) is 4.27. The van der Waals surface area contributed by atoms with Crippen molar-refractivity contribution in [3.8, 4) is 0 Å². The summed E-state index contributed by atoms with van der Waals surface area (Å²) >= 11 is 6.53. The van der Waals surface area contributed by atoms with Gasteiger partial charge >= 0.3 is 0 Å². The third-order valence-corrected chi connectivity index (χ3v) is 4.27. The molecule has 1 aromatic rings. The fourth-order valence-corrected chi connectivity index (χ4v) is 3.11. The van der Waals surface area contributed by atoms with Gasteiger partial charge in [-0.15, -0.1) is 0 Å². The quantitative estimate of drug-likeness (QED) is 0.684. The van der Waals surface area contributed by atoms with E-state index in [1.165, 1.54) is 11.8 Å². The number of aryl methyl sites for hydroxylation is 1. The summed E-state index contributed by atoms with van der Waals surface area (Å²) in [4.78, 5) is 14.4. The van der Waals surface area contributed by atoms with Crippen molar-refractivity contribution in [3.05, 3.63) is 40.3 Å². The normalized spacial score (nSPS) is 17.6. The second-order valence-corrected chi connectivity index (χ2v) is 5.94. The molecule has 0 unspecified atom stereocenters. The molecule has 0 radical (unpaired) electrons. The van der Waals surface area contributed by atoms with Crippen LogP contribution in [-0.4, -0.2) is 33.4 Å². The van der Waals surface area contributed by atoms with Gasteiger partial charge in [0.25, 0.3) is 5.91 Å². The molecule has 1 aromatic carbocycles. The Morgan fingerprint density at radius 1 is 1.42 bits per heavy atom. The van der Waals surface area contributed by atoms with E-state index in [4.69, 9.17) is 17.3 Å². The third kappa shape index (κ3) is 3.23. The zero-order valence-electron chi connectivity index (χ0n) is 10.6. The largest absolute Gasteiger partial charge is 0.396 e. The topological polar surface area (TPSA) is 40.5 Å². The molecule has 3 nitrogen and oxygen atoms in total. The van der Waals surface area contributed by atoms with E-state index in [9.17, 15) is 4.79 Å². The number of thiocarbonyl (C=S) groups is 1. The first kappa shape index (κ1) is 14.2. The number of aliphatic hydroxyl groups excluding tert-OH is 1. The van der Waals surface area contributed by atoms with Crippen molar-refractivity contribution in [3.63, 3.8) is 0 Å². The molecule has 0 bridgehead atoms. The van der Waals surface area contributed by atoms with Gasteiger partial charge in [0.05, 0.1) is 4.91 Å². The van der Waals surface area contributed by atoms with Crippen molar-refractivity contribution in [1.82, 2.24) is 4.90 Å². The molecule has 0 aliphatic carbocycles. The summed E-state index contributed by atoms with van der Waals surface area (Å²) in [7, 11) is 0. The number of hydrogen-bond acceptors (Lipinski definition) is 4. The second kappa shape index (κ2) is 6.32. The average Bonchev–Trinajstić information content (AvgIpc) is 2.65. The third-order valence-electron chi connectivity index (χ3n) is 2.89. The molecule has 1 heterocycles. The van der Waals surface area contributed by atoms with E-state index in [0.29, 0.717) is 22.2 Å². The van der Waals surface area contributed by atoms with Crippen LogP contribution >= 0.6 is 24.0 Å². The lowest BCUT2D eigenvalue weighted by Gasteiger charge is -2.12. The molecule has 1 aliphatic rings. The van der Waals surface area contributed by atoms with E-state index in [1.807, 2.05) is 37.3 Å². The summed E-state index contributed by atoms with van der Waals surface area (Å²) in [5.74, 6) is -0.0632. The monoisotopic (exact) mass is 293 g/mol. The minimum atomic E-state index is -0.0632. The van der Waals surface area contributed by atoms with Crippen molar-refractivity contribution in [1.29, 1.82) is 0 Å². The first-order chi connectivity index (χ1) is 9.13. The summed E-state index contributed by atoms with van der Waals surface area (Å²) in [6.07, 6.45) is 2.43. The van der Waals surface area contributed by atoms with Crippen LogP contribution in [0.4, 0.5) is 0 Å². The van der Waals surface area contributed by atoms with Crippen LogP contribution in [0.2, 0.25) is 0 Å². The number of carbonyl (C=O) groups excluding carboxylic acids is 1. The lowest BCUT2D eigenvalue weighted by molar-refractivity contribution is -0.122. The molecule has 1 N–H and O–H groups in total. The maximum Gasteiger partial charge on any atom is 0.266 e. The van der Waals surface area contributed by atoms with Crippen LogP contribution in [0.5, 0.6) is 0 Å². The summed E-state index contributed by atoms with van der Waals surface area (Å²) in [5.41, 5.74) is 2.16. The smallest absolute Gasteiger partial charge is 0.266 e. The maximum atomic E-state index is 12.2. The van der Waals surface area contributed by atoms with Gasteiger partial charge in [-0.1, -0.05) is 48.2 Å². The number of rotatable bonds is 4. The first-order valence-electron chi connectivity index (χ1n) is 6.05. The fourth-order valence-electron chi connectivity index (χ4n) is 1.81. The number of amides is 1. The molecule has 0 atom stereocenters. The molecule has 1 aliphatic heterocycles. The van der Waals surface area contributed by atoms with Gasteiger partial charge in [0, 0.05) is 13.2 Å². The summed E-state index contributed by atoms with van der Waals surface area (Å²) < 4.78 is 0.568. The molecule has 5 heteroatoms. The lowest BCUT2D eigenvalue weighted by Crippen LogP contribution is -2.29. The first-order valence-corrected chi connectivity index (χ1v) is 7.28. The van der Waals surface area contributed by atoms with Crippen LogP contribution in [0, 0.1) is 6.92 Å². The number of nitrogens with zero attached hydrogens (tertiary/aromatic N) is 1. The van der Waals surface area contributed by atoms with E-state index >= 15 is 0 Å². The highest BCUT2D eigenvalue weighted by Gasteiger charge is 2.31. The molecule has 1 saturated heterocycles. The highest BCUT2D eigenvalue weighted by atomic mass is 32.2. The van der Waals surface area contributed by atoms with Gasteiger partial charge in [0.1, 0.15) is 4.32 Å². The fraction of sp³-hybridized carbons (Fsp3) is 0.286. The zero-order chi connectivity index (χ0) is 13.8. The van der Waals surface area contributed by atoms with Crippen LogP contribution in [0.3, 0.4) is 0 Å². The number of thioether (sulfide) groups is 1. The van der Waals surface area contributed by atoms with E-state index < -0.39 is 0 Å². The van der Waals surface area contributed by atoms with Crippen molar-refractivity contribution in [2.24, 2.45) is 0 Å². The maximum absolute atomic E-state index is 12.2. The Morgan fingerprint density at radius 3 is 2.84 bits per heavy atom. The van der Waals surface area contributed by atoms with E-state index in [0.717, 1.165) is 11.1 Å². The molecule has 2 rings (SSSR count). The number of benzene rings is 1. The van der Waals surface area contributed by atoms with Gasteiger partial charge < -0.3 is 5.11 Å². The number of carbonyl (C=O) groups is 1. The molecule has 100 valence electrons. The highest BCUT2D eigenvalue weighted by molar-refractivity contribution is 8.26. The number of aliphatic hydroxyl groups is 1. The van der Waals surface area contributed by atoms with Gasteiger partial charge in [-0.2, -0.15) is 0 Å². The Balaban J connectivity index is 2.21. The molecule has 0 saturated carbocycles. The van der Waals surface area contributed by atoms with Crippen LogP contribution in [0.1, 0.15) is 17.5 Å². The van der Waals surface area contributed by atoms with Crippen LogP contribution < -0.4 is 0 Å². The molecule has 1 fully saturated rings. The summed E-state index contributed by atoms with van der Waals surface area (Å²) in [5, 5.41) is 8.83. The van der Waals surface area contributed by atoms with E-state index in [1.54, 1.807) is 4.90 Å². The average molecular weight is 293 g/mol. The van der Waals surface area contributed by atoms with Gasteiger partial charge in [0.15, 0.2) is 0 Å². The zero-order valence-corrected chi connectivity index (χ0v) is 12.3. The minimum Gasteiger partial charge on any atom is -0.396 e. The standard InChI is InChI=1S/C14H15NO2S2/c1-10-5-2-3-6-11(10)9-12-13(17)15(7-4-8-16)14(18)19-12/h2-3,5-6,9,16H,4,7-8H2,1H3/b12-9-. The van der Waals surface area contributed by atoms with E-state index in [-0.39, 0.29) is 12.5 Å². The number of hydrogen-bond donors (Lipinski definition) is 1. The van der Waals surface area contributed by atoms with Crippen molar-refractivity contribution in [2.45, 2.75) is 13.3 Å². The molecule has 0 spiro atoms. The minimum absolute atomic E-state index is 0.0632. The van der Waals surface area contributed by atoms with Crippen molar-refractivity contribution < 1.29 is 9.90 Å². The summed E-state index contributed by atoms with van der Waals surface area (Å²) in [6, 6.07) is 7.92. The molecule has 19 heavy (non-hydrogen) atoms. The van der Waals surface area contributed by atoms with Gasteiger partial charge in [-0.3, -0.25) is 9.69 Å². The van der Waals surface area contributed by atoms with Gasteiger partial charge in [-0.25, -0.2) is 0 Å². The molecular formula is C14H15NO2S2. The Hall–Kier alpha value is -1.17. The predicted molar refractivity (Wildman–Crippen MR) is 82.8 cm³/mol. The Bertz CT molecular complexity index is 540. The van der Waals surface area contributed by atoms with Crippen molar-refractivity contribution in [2.75, 3.05) is 13.2 Å². The van der Waals surface area contributed by atoms with Crippen LogP contribution in [0.15, 0.2) is 29.2 Å². The predicted octanol–water partition coefficient (Wildman–Crippen LogP) is 2.58. The Labute approximate surface area is 122 Å². The molecular weight excluding hydrogens is 278 g/mol. The summed E-state index contributed by atoms with van der Waals surface area (Å²) in [6.45, 7) is 2.55. The molecule has 0 aromatic heterocycles. The van der Waals surface area contributed by atoms with Crippen molar-refractivity contribution >= 4 is 40.3 Å². The lowest BCUT2D eigenvalue weighted by atomic mass is 10.1.